The van der Waals surface area contributed by atoms with Crippen LogP contribution in [0.4, 0.5) is 0 Å². The summed E-state index contributed by atoms with van der Waals surface area (Å²) in [6, 6.07) is 8.34. The van der Waals surface area contributed by atoms with Gasteiger partial charge in [-0.15, -0.1) is 0 Å². The van der Waals surface area contributed by atoms with Crippen LogP contribution in [0.15, 0.2) is 36.4 Å². The summed E-state index contributed by atoms with van der Waals surface area (Å²) < 4.78 is 0. The molecule has 0 radical (unpaired) electrons. The van der Waals surface area contributed by atoms with Gasteiger partial charge in [0.1, 0.15) is 6.54 Å². The van der Waals surface area contributed by atoms with Crippen molar-refractivity contribution in [2.45, 2.75) is 39.3 Å². The lowest BCUT2D eigenvalue weighted by Gasteiger charge is -2.30. The lowest BCUT2D eigenvalue weighted by atomic mass is 9.85. The largest absolute Gasteiger partial charge is 0.350 e. The molecule has 31 heavy (non-hydrogen) atoms. The molecule has 2 heterocycles. The summed E-state index contributed by atoms with van der Waals surface area (Å²) in [7, 11) is 0. The second kappa shape index (κ2) is 8.23. The third kappa shape index (κ3) is 3.93. The molecule has 0 unspecified atom stereocenters. The van der Waals surface area contributed by atoms with Crippen LogP contribution in [0.3, 0.4) is 0 Å². The number of nitrogens with one attached hydrogen (secondary N) is 1. The highest BCUT2D eigenvalue weighted by Gasteiger charge is 2.59. The average molecular weight is 422 g/mol. The van der Waals surface area contributed by atoms with Gasteiger partial charge in [0.25, 0.3) is 0 Å². The molecule has 0 aromatic heterocycles. The van der Waals surface area contributed by atoms with Crippen molar-refractivity contribution in [1.29, 1.82) is 0 Å². The van der Waals surface area contributed by atoms with E-state index in [1.54, 1.807) is 0 Å². The number of piperidine rings is 1. The summed E-state index contributed by atoms with van der Waals surface area (Å²) in [4.78, 5) is 41.5. The molecular formula is C25H31N3O3. The van der Waals surface area contributed by atoms with Crippen molar-refractivity contribution in [3.05, 3.63) is 47.5 Å². The maximum atomic E-state index is 12.7. The van der Waals surface area contributed by atoms with E-state index in [0.717, 1.165) is 37.5 Å². The van der Waals surface area contributed by atoms with E-state index in [9.17, 15) is 14.4 Å². The number of imide groups is 1. The number of hydrogen-bond donors (Lipinski definition) is 1. The van der Waals surface area contributed by atoms with Gasteiger partial charge >= 0.3 is 0 Å². The van der Waals surface area contributed by atoms with Crippen LogP contribution in [-0.2, 0) is 27.5 Å². The van der Waals surface area contributed by atoms with Crippen molar-refractivity contribution < 1.29 is 14.4 Å². The summed E-state index contributed by atoms with van der Waals surface area (Å²) >= 11 is 0. The predicted molar refractivity (Wildman–Crippen MR) is 116 cm³/mol. The number of fused-ring (bicyclic) bond motifs is 5. The maximum Gasteiger partial charge on any atom is 0.240 e. The van der Waals surface area contributed by atoms with Gasteiger partial charge in [0, 0.05) is 19.6 Å². The zero-order valence-electron chi connectivity index (χ0n) is 18.1. The molecule has 2 saturated heterocycles. The Hall–Kier alpha value is -2.47. The Labute approximate surface area is 183 Å². The first kappa shape index (κ1) is 20.4. The van der Waals surface area contributed by atoms with E-state index in [4.69, 9.17) is 0 Å². The van der Waals surface area contributed by atoms with Gasteiger partial charge < -0.3 is 5.32 Å². The highest BCUT2D eigenvalue weighted by Crippen LogP contribution is 2.52. The first-order valence-electron chi connectivity index (χ1n) is 11.6. The molecule has 1 saturated carbocycles. The molecule has 4 aliphatic rings. The molecule has 164 valence electrons. The molecule has 3 fully saturated rings. The number of amides is 3. The van der Waals surface area contributed by atoms with Gasteiger partial charge in [-0.25, -0.2) is 0 Å². The Morgan fingerprint density at radius 3 is 2.32 bits per heavy atom. The summed E-state index contributed by atoms with van der Waals surface area (Å²) in [6.07, 6.45) is 7.63. The number of hydrogen-bond acceptors (Lipinski definition) is 4. The minimum atomic E-state index is -0.284. The van der Waals surface area contributed by atoms with Crippen LogP contribution < -0.4 is 5.32 Å². The topological polar surface area (TPSA) is 69.7 Å². The third-order valence-electron chi connectivity index (χ3n) is 7.52. The summed E-state index contributed by atoms with van der Waals surface area (Å²) in [5.74, 6) is 0.00236. The minimum absolute atomic E-state index is 0.168. The van der Waals surface area contributed by atoms with Gasteiger partial charge in [-0.1, -0.05) is 43.3 Å². The van der Waals surface area contributed by atoms with Crippen LogP contribution >= 0.6 is 0 Å². The van der Waals surface area contributed by atoms with Crippen molar-refractivity contribution in [2.24, 2.45) is 29.6 Å². The van der Waals surface area contributed by atoms with Crippen LogP contribution in [0.2, 0.25) is 0 Å². The number of rotatable bonds is 6. The molecule has 1 aromatic carbocycles. The van der Waals surface area contributed by atoms with E-state index in [-0.39, 0.29) is 47.9 Å². The molecule has 6 heteroatoms. The minimum Gasteiger partial charge on any atom is -0.350 e. The SMILES string of the molecule is C[C@@H]1CCCN(Cc2ccc(CNC(=O)CN3C(=O)[C@@H]4[C@H](C3=O)[C@@H]3C=C[C@H]4C3)cc2)C1. The second-order valence-corrected chi connectivity index (χ2v) is 9.84. The van der Waals surface area contributed by atoms with Crippen molar-refractivity contribution in [3.8, 4) is 0 Å². The Balaban J connectivity index is 1.11. The Kier molecular flexibility index (Phi) is 5.42. The fourth-order valence-corrected chi connectivity index (χ4v) is 5.97. The molecule has 5 rings (SSSR count). The van der Waals surface area contributed by atoms with E-state index < -0.39 is 0 Å². The molecule has 5 atom stereocenters. The fourth-order valence-electron chi connectivity index (χ4n) is 5.97. The van der Waals surface area contributed by atoms with Gasteiger partial charge in [0.15, 0.2) is 0 Å². The zero-order chi connectivity index (χ0) is 21.5. The van der Waals surface area contributed by atoms with Crippen LogP contribution in [0, 0.1) is 29.6 Å². The Morgan fingerprint density at radius 2 is 1.68 bits per heavy atom. The summed E-state index contributed by atoms with van der Waals surface area (Å²) in [5, 5.41) is 2.87. The average Bonchev–Trinajstić information content (AvgIpc) is 3.44. The van der Waals surface area contributed by atoms with E-state index in [1.165, 1.54) is 23.3 Å². The third-order valence-corrected chi connectivity index (χ3v) is 7.52. The Bertz CT molecular complexity index is 879. The van der Waals surface area contributed by atoms with Crippen molar-refractivity contribution in [1.82, 2.24) is 15.1 Å². The normalized spacial score (nSPS) is 32.0. The molecule has 2 bridgehead atoms. The molecular weight excluding hydrogens is 390 g/mol. The lowest BCUT2D eigenvalue weighted by Crippen LogP contribution is -2.41. The van der Waals surface area contributed by atoms with Gasteiger partial charge in [-0.05, 0) is 54.7 Å². The molecule has 0 spiro atoms. The lowest BCUT2D eigenvalue weighted by molar-refractivity contribution is -0.144. The van der Waals surface area contributed by atoms with E-state index in [2.05, 4.69) is 41.4 Å². The van der Waals surface area contributed by atoms with Crippen LogP contribution in [-0.4, -0.2) is 47.2 Å². The van der Waals surface area contributed by atoms with E-state index in [1.807, 2.05) is 12.1 Å². The number of carbonyl (C=O) groups is 3. The molecule has 1 aromatic rings. The number of benzene rings is 1. The van der Waals surface area contributed by atoms with Crippen molar-refractivity contribution >= 4 is 17.7 Å². The number of nitrogens with zero attached hydrogens (tertiary/aromatic N) is 2. The van der Waals surface area contributed by atoms with Crippen LogP contribution in [0.1, 0.15) is 37.3 Å². The second-order valence-electron chi connectivity index (χ2n) is 9.84. The standard InChI is InChI=1S/C25H31N3O3/c1-16-3-2-10-27(13-16)14-18-6-4-17(5-7-18)12-26-21(29)15-28-24(30)22-19-8-9-20(11-19)23(22)25(28)31/h4-9,16,19-20,22-23H,2-3,10-15H2,1H3,(H,26,29)/t16-,19-,20+,22-,23+/m1/s1. The first-order valence-corrected chi connectivity index (χ1v) is 11.6. The molecule has 3 amide bonds. The summed E-state index contributed by atoms with van der Waals surface area (Å²) in [6.45, 7) is 5.83. The Morgan fingerprint density at radius 1 is 1.03 bits per heavy atom. The van der Waals surface area contributed by atoms with Gasteiger partial charge in [0.2, 0.25) is 17.7 Å². The van der Waals surface area contributed by atoms with Crippen LogP contribution in [0.25, 0.3) is 0 Å². The number of likely N-dealkylation sites (tertiary alicyclic amines) is 2. The summed E-state index contributed by atoms with van der Waals surface area (Å²) in [5.41, 5.74) is 2.30. The predicted octanol–water partition coefficient (Wildman–Crippen LogP) is 2.34. The van der Waals surface area contributed by atoms with Gasteiger partial charge in [-0.2, -0.15) is 0 Å². The molecule has 2 aliphatic carbocycles. The molecule has 2 aliphatic heterocycles. The van der Waals surface area contributed by atoms with E-state index in [0.29, 0.717) is 6.54 Å². The smallest absolute Gasteiger partial charge is 0.240 e. The monoisotopic (exact) mass is 421 g/mol. The van der Waals surface area contributed by atoms with Gasteiger partial charge in [-0.3, -0.25) is 24.2 Å². The fraction of sp³-hybridized carbons (Fsp3) is 0.560. The maximum absolute atomic E-state index is 12.7. The van der Waals surface area contributed by atoms with Crippen molar-refractivity contribution in [2.75, 3.05) is 19.6 Å². The number of allylic oxidation sites excluding steroid dienone is 2. The van der Waals surface area contributed by atoms with Crippen LogP contribution in [0.5, 0.6) is 0 Å². The van der Waals surface area contributed by atoms with Gasteiger partial charge in [0.05, 0.1) is 11.8 Å². The highest BCUT2D eigenvalue weighted by atomic mass is 16.2. The number of carbonyl (C=O) groups excluding carboxylic acids is 3. The molecule has 1 N–H and O–H groups in total. The first-order chi connectivity index (χ1) is 15.0. The quantitative estimate of drug-likeness (QED) is 0.566. The highest BCUT2D eigenvalue weighted by molar-refractivity contribution is 6.08. The molecule has 6 nitrogen and oxygen atoms in total. The zero-order valence-corrected chi connectivity index (χ0v) is 18.1. The van der Waals surface area contributed by atoms with E-state index >= 15 is 0 Å². The van der Waals surface area contributed by atoms with Crippen molar-refractivity contribution in [3.63, 3.8) is 0 Å².